The van der Waals surface area contributed by atoms with Crippen LogP contribution in [0.5, 0.6) is 0 Å². The average molecular weight is 210 g/mol. The molecule has 15 heavy (non-hydrogen) atoms. The summed E-state index contributed by atoms with van der Waals surface area (Å²) in [6.07, 6.45) is 5.95. The van der Waals surface area contributed by atoms with Crippen LogP contribution in [0.2, 0.25) is 0 Å². The Bertz CT molecular complexity index is 242. The molecule has 1 saturated heterocycles. The topological polar surface area (TPSA) is 32.3 Å². The summed E-state index contributed by atoms with van der Waals surface area (Å²) < 4.78 is 0. The summed E-state index contributed by atoms with van der Waals surface area (Å²) in [5, 5.41) is 3.13. The molecule has 3 heteroatoms. The molecule has 1 amide bonds. The van der Waals surface area contributed by atoms with Crippen molar-refractivity contribution < 1.29 is 4.79 Å². The molecule has 0 aromatic rings. The Labute approximate surface area is 92.2 Å². The van der Waals surface area contributed by atoms with E-state index in [1.807, 2.05) is 7.05 Å². The van der Waals surface area contributed by atoms with Gasteiger partial charge in [0.15, 0.2) is 0 Å². The van der Waals surface area contributed by atoms with E-state index in [2.05, 4.69) is 17.1 Å². The van der Waals surface area contributed by atoms with Crippen LogP contribution >= 0.6 is 0 Å². The summed E-state index contributed by atoms with van der Waals surface area (Å²) in [6, 6.07) is 0.597. The maximum Gasteiger partial charge on any atom is 0.239 e. The van der Waals surface area contributed by atoms with Gasteiger partial charge in [-0.2, -0.15) is 0 Å². The molecule has 1 aliphatic carbocycles. The Kier molecular flexibility index (Phi) is 3.29. The van der Waals surface area contributed by atoms with Crippen LogP contribution in [-0.2, 0) is 4.79 Å². The third kappa shape index (κ3) is 2.03. The van der Waals surface area contributed by atoms with Crippen molar-refractivity contribution in [1.82, 2.24) is 10.2 Å². The third-order valence-electron chi connectivity index (χ3n) is 4.04. The molecule has 0 aromatic heterocycles. The highest BCUT2D eigenvalue weighted by Crippen LogP contribution is 2.31. The fraction of sp³-hybridized carbons (Fsp3) is 0.917. The summed E-state index contributed by atoms with van der Waals surface area (Å²) >= 11 is 0. The van der Waals surface area contributed by atoms with Gasteiger partial charge in [0.2, 0.25) is 5.91 Å². The molecular formula is C12H22N2O. The molecule has 0 bridgehead atoms. The van der Waals surface area contributed by atoms with Crippen molar-refractivity contribution >= 4 is 5.91 Å². The molecule has 1 saturated carbocycles. The van der Waals surface area contributed by atoms with Crippen LogP contribution in [0.3, 0.4) is 0 Å². The van der Waals surface area contributed by atoms with E-state index in [1.54, 1.807) is 0 Å². The second kappa shape index (κ2) is 4.52. The van der Waals surface area contributed by atoms with Crippen molar-refractivity contribution in [2.75, 3.05) is 13.6 Å². The maximum absolute atomic E-state index is 12.2. The normalized spacial score (nSPS) is 37.3. The Morgan fingerprint density at radius 3 is 2.67 bits per heavy atom. The molecular weight excluding hydrogens is 188 g/mol. The number of likely N-dealkylation sites (N-methyl/N-ethyl adjacent to an activating group) is 1. The van der Waals surface area contributed by atoms with Crippen LogP contribution in [0.25, 0.3) is 0 Å². The van der Waals surface area contributed by atoms with Gasteiger partial charge in [-0.3, -0.25) is 4.79 Å². The minimum Gasteiger partial charge on any atom is -0.338 e. The van der Waals surface area contributed by atoms with Gasteiger partial charge in [-0.25, -0.2) is 0 Å². The van der Waals surface area contributed by atoms with Crippen molar-refractivity contribution in [3.8, 4) is 0 Å². The first kappa shape index (κ1) is 10.9. The van der Waals surface area contributed by atoms with Crippen LogP contribution in [0.4, 0.5) is 0 Å². The van der Waals surface area contributed by atoms with Gasteiger partial charge in [-0.05, 0) is 38.6 Å². The minimum absolute atomic E-state index is 0.0755. The van der Waals surface area contributed by atoms with E-state index in [0.717, 1.165) is 19.4 Å². The number of carbonyl (C=O) groups is 1. The van der Waals surface area contributed by atoms with Crippen molar-refractivity contribution in [3.63, 3.8) is 0 Å². The number of carbonyl (C=O) groups excluding carboxylic acids is 1. The van der Waals surface area contributed by atoms with Crippen LogP contribution in [0.15, 0.2) is 0 Å². The summed E-state index contributed by atoms with van der Waals surface area (Å²) in [7, 11) is 1.89. The molecule has 1 aliphatic heterocycles. The Morgan fingerprint density at radius 1 is 1.27 bits per heavy atom. The Balaban J connectivity index is 2.04. The van der Waals surface area contributed by atoms with E-state index in [9.17, 15) is 4.79 Å². The lowest BCUT2D eigenvalue weighted by Crippen LogP contribution is -2.54. The Hall–Kier alpha value is -0.570. The van der Waals surface area contributed by atoms with Gasteiger partial charge in [0.25, 0.3) is 0 Å². The average Bonchev–Trinajstić information content (AvgIpc) is 2.65. The van der Waals surface area contributed by atoms with Gasteiger partial charge in [-0.15, -0.1) is 0 Å². The first-order valence-electron chi connectivity index (χ1n) is 6.21. The monoisotopic (exact) mass is 210 g/mol. The zero-order chi connectivity index (χ0) is 10.8. The number of hydrogen-bond acceptors (Lipinski definition) is 2. The van der Waals surface area contributed by atoms with Gasteiger partial charge in [0, 0.05) is 12.6 Å². The number of rotatable bonds is 2. The van der Waals surface area contributed by atoms with E-state index in [0.29, 0.717) is 17.9 Å². The Morgan fingerprint density at radius 2 is 2.07 bits per heavy atom. The van der Waals surface area contributed by atoms with Crippen LogP contribution in [0, 0.1) is 5.92 Å². The molecule has 2 fully saturated rings. The van der Waals surface area contributed by atoms with Crippen LogP contribution < -0.4 is 5.32 Å². The fourth-order valence-corrected chi connectivity index (χ4v) is 3.09. The smallest absolute Gasteiger partial charge is 0.239 e. The van der Waals surface area contributed by atoms with Crippen LogP contribution in [-0.4, -0.2) is 36.5 Å². The highest BCUT2D eigenvalue weighted by atomic mass is 16.2. The van der Waals surface area contributed by atoms with Gasteiger partial charge in [0.1, 0.15) is 0 Å². The second-order valence-electron chi connectivity index (χ2n) is 4.99. The lowest BCUT2D eigenvalue weighted by molar-refractivity contribution is -0.139. The third-order valence-corrected chi connectivity index (χ3v) is 4.04. The van der Waals surface area contributed by atoms with Crippen molar-refractivity contribution in [1.29, 1.82) is 0 Å². The second-order valence-corrected chi connectivity index (χ2v) is 4.99. The van der Waals surface area contributed by atoms with Crippen LogP contribution in [0.1, 0.15) is 39.0 Å². The van der Waals surface area contributed by atoms with Gasteiger partial charge < -0.3 is 10.2 Å². The van der Waals surface area contributed by atoms with E-state index >= 15 is 0 Å². The molecule has 2 rings (SSSR count). The SMILES string of the molecule is CNC1CCCN(C2CCCC2C)C1=O. The molecule has 1 N–H and O–H groups in total. The summed E-state index contributed by atoms with van der Waals surface area (Å²) in [5.41, 5.74) is 0. The molecule has 3 nitrogen and oxygen atoms in total. The predicted octanol–water partition coefficient (Wildman–Crippen LogP) is 1.39. The van der Waals surface area contributed by atoms with E-state index in [4.69, 9.17) is 0 Å². The van der Waals surface area contributed by atoms with Gasteiger partial charge in [-0.1, -0.05) is 13.3 Å². The lowest BCUT2D eigenvalue weighted by Gasteiger charge is -2.38. The number of nitrogens with one attached hydrogen (secondary N) is 1. The van der Waals surface area contributed by atoms with Gasteiger partial charge >= 0.3 is 0 Å². The summed E-state index contributed by atoms with van der Waals surface area (Å²) in [5.74, 6) is 1.03. The molecule has 86 valence electrons. The first-order chi connectivity index (χ1) is 7.24. The highest BCUT2D eigenvalue weighted by Gasteiger charge is 2.36. The molecule has 2 aliphatic rings. The van der Waals surface area contributed by atoms with Crippen molar-refractivity contribution in [2.45, 2.75) is 51.1 Å². The largest absolute Gasteiger partial charge is 0.338 e. The number of likely N-dealkylation sites (tertiary alicyclic amines) is 1. The fourth-order valence-electron chi connectivity index (χ4n) is 3.09. The number of hydrogen-bond donors (Lipinski definition) is 1. The minimum atomic E-state index is 0.0755. The van der Waals surface area contributed by atoms with Crippen molar-refractivity contribution in [2.24, 2.45) is 5.92 Å². The number of amides is 1. The maximum atomic E-state index is 12.2. The molecule has 0 aromatic carbocycles. The molecule has 1 heterocycles. The summed E-state index contributed by atoms with van der Waals surface area (Å²) in [4.78, 5) is 14.3. The van der Waals surface area contributed by atoms with E-state index < -0.39 is 0 Å². The molecule has 0 spiro atoms. The lowest BCUT2D eigenvalue weighted by atomic mass is 9.98. The molecule has 0 radical (unpaired) electrons. The quantitative estimate of drug-likeness (QED) is 0.747. The number of nitrogens with zero attached hydrogens (tertiary/aromatic N) is 1. The zero-order valence-corrected chi connectivity index (χ0v) is 9.83. The predicted molar refractivity (Wildman–Crippen MR) is 60.6 cm³/mol. The summed E-state index contributed by atoms with van der Waals surface area (Å²) in [6.45, 7) is 3.26. The highest BCUT2D eigenvalue weighted by molar-refractivity contribution is 5.83. The molecule has 3 unspecified atom stereocenters. The number of piperidine rings is 1. The van der Waals surface area contributed by atoms with E-state index in [-0.39, 0.29) is 6.04 Å². The zero-order valence-electron chi connectivity index (χ0n) is 9.83. The van der Waals surface area contributed by atoms with Gasteiger partial charge in [0.05, 0.1) is 6.04 Å². The molecule has 3 atom stereocenters. The standard InChI is InChI=1S/C12H22N2O/c1-9-5-3-7-11(9)14-8-4-6-10(13-2)12(14)15/h9-11,13H,3-8H2,1-2H3. The van der Waals surface area contributed by atoms with E-state index in [1.165, 1.54) is 19.3 Å². The first-order valence-corrected chi connectivity index (χ1v) is 6.21. The van der Waals surface area contributed by atoms with Crippen molar-refractivity contribution in [3.05, 3.63) is 0 Å².